The van der Waals surface area contributed by atoms with Crippen LogP contribution < -0.4 is 16.0 Å². The summed E-state index contributed by atoms with van der Waals surface area (Å²) in [7, 11) is 1.68. The van der Waals surface area contributed by atoms with Gasteiger partial charge in [0.25, 0.3) is 11.8 Å². The molecule has 15 nitrogen and oxygen atoms in total. The predicted molar refractivity (Wildman–Crippen MR) is 115 cm³/mol. The molecule has 33 heavy (non-hydrogen) atoms. The average Bonchev–Trinajstić information content (AvgIpc) is 2.81. The normalized spacial score (nSPS) is 16.9. The molecule has 13 N–H and O–H groups in total. The minimum Gasteiger partial charge on any atom is -0.394 e. The molecule has 0 aromatic carbocycles. The number of hydrogen-bond donors (Lipinski definition) is 13. The first-order valence-corrected chi connectivity index (χ1v) is 10.1. The number of amides is 2. The van der Waals surface area contributed by atoms with Gasteiger partial charge in [0.05, 0.1) is 25.9 Å². The fourth-order valence-corrected chi connectivity index (χ4v) is 1.62. The summed E-state index contributed by atoms with van der Waals surface area (Å²) in [5, 5.41) is 94.7. The zero-order valence-corrected chi connectivity index (χ0v) is 19.1. The standard InChI is InChI=1S/C9H20N2O6.C5H11NO3.C4H10O3/c1-10-2-3-11-9(17)8(16)7(15)6(14)5(13)4-12;1-2-6-5(9)4(8)3-7;1-3(6)4(7)2-5/h5-8,10,12-16H,2-4H2,1H3,(H,11,17);4,7-8H,2-3H2,1H3,(H,6,9);3-7H,2H2,1H3. The molecule has 7 atom stereocenters. The molecule has 200 valence electrons. The van der Waals surface area contributed by atoms with E-state index in [4.69, 9.17) is 35.7 Å². The van der Waals surface area contributed by atoms with Crippen molar-refractivity contribution in [3.63, 3.8) is 0 Å². The molecular weight excluding hydrogens is 450 g/mol. The van der Waals surface area contributed by atoms with Gasteiger partial charge < -0.3 is 67.0 Å². The fourth-order valence-electron chi connectivity index (χ4n) is 1.62. The Bertz CT molecular complexity index is 487. The molecule has 0 saturated carbocycles. The summed E-state index contributed by atoms with van der Waals surface area (Å²) >= 11 is 0. The zero-order valence-electron chi connectivity index (χ0n) is 19.1. The van der Waals surface area contributed by atoms with Crippen molar-refractivity contribution in [1.29, 1.82) is 0 Å². The van der Waals surface area contributed by atoms with Crippen molar-refractivity contribution >= 4 is 11.8 Å². The van der Waals surface area contributed by atoms with Gasteiger partial charge in [-0.25, -0.2) is 0 Å². The number of nitrogens with one attached hydrogen (secondary N) is 3. The SMILES string of the molecule is CC(O)C(O)CO.CCNC(=O)C(O)CO.CNCCNC(=O)C(O)C(O)C(O)C(O)CO. The van der Waals surface area contributed by atoms with Crippen molar-refractivity contribution in [1.82, 2.24) is 16.0 Å². The first-order valence-electron chi connectivity index (χ1n) is 10.1. The quantitative estimate of drug-likeness (QED) is 0.107. The highest BCUT2D eigenvalue weighted by molar-refractivity contribution is 5.81. The number of aliphatic hydroxyl groups excluding tert-OH is 10. The van der Waals surface area contributed by atoms with Crippen molar-refractivity contribution in [2.45, 2.75) is 56.6 Å². The monoisotopic (exact) mass is 491 g/mol. The van der Waals surface area contributed by atoms with Crippen molar-refractivity contribution in [3.05, 3.63) is 0 Å². The van der Waals surface area contributed by atoms with Crippen LogP contribution in [0.3, 0.4) is 0 Å². The van der Waals surface area contributed by atoms with Gasteiger partial charge in [0, 0.05) is 19.6 Å². The van der Waals surface area contributed by atoms with Crippen LogP contribution in [0.1, 0.15) is 13.8 Å². The smallest absolute Gasteiger partial charge is 0.251 e. The maximum atomic E-state index is 11.3. The van der Waals surface area contributed by atoms with Gasteiger partial charge in [0.1, 0.15) is 24.4 Å². The summed E-state index contributed by atoms with van der Waals surface area (Å²) in [4.78, 5) is 21.7. The van der Waals surface area contributed by atoms with Crippen LogP contribution in [0, 0.1) is 0 Å². The second-order valence-electron chi connectivity index (χ2n) is 6.65. The van der Waals surface area contributed by atoms with Crippen LogP contribution in [-0.2, 0) is 9.59 Å². The Balaban J connectivity index is -0.000000469. The lowest BCUT2D eigenvalue weighted by atomic mass is 10.0. The Kier molecular flexibility index (Phi) is 24.4. The Morgan fingerprint density at radius 2 is 1.24 bits per heavy atom. The molecule has 0 spiro atoms. The van der Waals surface area contributed by atoms with Gasteiger partial charge >= 0.3 is 0 Å². The Morgan fingerprint density at radius 1 is 0.727 bits per heavy atom. The molecule has 0 aliphatic heterocycles. The van der Waals surface area contributed by atoms with Gasteiger partial charge in [0.2, 0.25) is 0 Å². The number of aliphatic hydroxyl groups is 10. The summed E-state index contributed by atoms with van der Waals surface area (Å²) < 4.78 is 0. The molecule has 0 aliphatic rings. The van der Waals surface area contributed by atoms with Crippen LogP contribution in [0.2, 0.25) is 0 Å². The van der Waals surface area contributed by atoms with Crippen LogP contribution >= 0.6 is 0 Å². The van der Waals surface area contributed by atoms with Crippen LogP contribution in [0.15, 0.2) is 0 Å². The maximum absolute atomic E-state index is 11.3. The Morgan fingerprint density at radius 3 is 1.58 bits per heavy atom. The highest BCUT2D eigenvalue weighted by Gasteiger charge is 2.33. The molecule has 0 saturated heterocycles. The number of likely N-dealkylation sites (N-methyl/N-ethyl adjacent to an activating group) is 2. The van der Waals surface area contributed by atoms with E-state index in [1.54, 1.807) is 14.0 Å². The Labute approximate surface area is 192 Å². The highest BCUT2D eigenvalue weighted by atomic mass is 16.4. The summed E-state index contributed by atoms with van der Waals surface area (Å²) in [6, 6.07) is 0. The average molecular weight is 492 g/mol. The summed E-state index contributed by atoms with van der Waals surface area (Å²) in [5.74, 6) is -1.39. The van der Waals surface area contributed by atoms with Gasteiger partial charge in [0.15, 0.2) is 12.2 Å². The second kappa shape index (κ2) is 22.3. The van der Waals surface area contributed by atoms with Crippen molar-refractivity contribution in [2.75, 3.05) is 46.5 Å². The topological polar surface area (TPSA) is 273 Å². The van der Waals surface area contributed by atoms with Crippen LogP contribution in [0.25, 0.3) is 0 Å². The molecule has 0 bridgehead atoms. The van der Waals surface area contributed by atoms with Crippen molar-refractivity contribution in [3.8, 4) is 0 Å². The van der Waals surface area contributed by atoms with Gasteiger partial charge in [-0.2, -0.15) is 0 Å². The summed E-state index contributed by atoms with van der Waals surface area (Å²) in [5.41, 5.74) is 0. The van der Waals surface area contributed by atoms with Crippen LogP contribution in [0.5, 0.6) is 0 Å². The van der Waals surface area contributed by atoms with E-state index < -0.39 is 67.8 Å². The third-order valence-corrected chi connectivity index (χ3v) is 3.77. The predicted octanol–water partition coefficient (Wildman–Crippen LogP) is -7.05. The molecule has 2 amide bonds. The first kappa shape index (κ1) is 36.1. The third kappa shape index (κ3) is 18.6. The maximum Gasteiger partial charge on any atom is 0.251 e. The molecule has 0 heterocycles. The number of carbonyl (C=O) groups excluding carboxylic acids is 2. The lowest BCUT2D eigenvalue weighted by Gasteiger charge is -2.24. The third-order valence-electron chi connectivity index (χ3n) is 3.77. The van der Waals surface area contributed by atoms with Gasteiger partial charge in [-0.15, -0.1) is 0 Å². The second-order valence-corrected chi connectivity index (χ2v) is 6.65. The summed E-state index contributed by atoms with van der Waals surface area (Å²) in [6.07, 6.45) is -10.3. The van der Waals surface area contributed by atoms with Crippen LogP contribution in [-0.4, -0.2) is 152 Å². The zero-order chi connectivity index (χ0) is 26.6. The molecule has 15 heteroatoms. The first-order chi connectivity index (χ1) is 15.4. The molecule has 0 radical (unpaired) electrons. The van der Waals surface area contributed by atoms with Gasteiger partial charge in [-0.3, -0.25) is 9.59 Å². The minimum atomic E-state index is -1.87. The highest BCUT2D eigenvalue weighted by Crippen LogP contribution is 2.05. The van der Waals surface area contributed by atoms with E-state index in [0.717, 1.165) is 0 Å². The van der Waals surface area contributed by atoms with Crippen molar-refractivity contribution < 1.29 is 60.7 Å². The van der Waals surface area contributed by atoms with Gasteiger partial charge in [-0.05, 0) is 20.9 Å². The molecule has 0 aliphatic carbocycles. The van der Waals surface area contributed by atoms with Crippen LogP contribution in [0.4, 0.5) is 0 Å². The van der Waals surface area contributed by atoms with E-state index in [0.29, 0.717) is 13.1 Å². The molecule has 0 aromatic heterocycles. The van der Waals surface area contributed by atoms with E-state index >= 15 is 0 Å². The Hall–Kier alpha value is -1.50. The summed E-state index contributed by atoms with van der Waals surface area (Å²) in [6.45, 7) is 2.67. The molecule has 0 aromatic rings. The molecule has 0 rings (SSSR count). The van der Waals surface area contributed by atoms with E-state index in [-0.39, 0.29) is 13.2 Å². The molecule has 7 unspecified atom stereocenters. The van der Waals surface area contributed by atoms with E-state index in [9.17, 15) is 24.9 Å². The van der Waals surface area contributed by atoms with E-state index in [1.165, 1.54) is 6.92 Å². The van der Waals surface area contributed by atoms with Crippen molar-refractivity contribution in [2.24, 2.45) is 0 Å². The number of rotatable bonds is 13. The number of carbonyl (C=O) groups is 2. The largest absolute Gasteiger partial charge is 0.394 e. The fraction of sp³-hybridized carbons (Fsp3) is 0.889. The number of hydrogen-bond acceptors (Lipinski definition) is 13. The van der Waals surface area contributed by atoms with Gasteiger partial charge in [-0.1, -0.05) is 0 Å². The minimum absolute atomic E-state index is 0.248. The lowest BCUT2D eigenvalue weighted by molar-refractivity contribution is -0.148. The van der Waals surface area contributed by atoms with E-state index in [2.05, 4.69) is 16.0 Å². The lowest BCUT2D eigenvalue weighted by Crippen LogP contribution is -2.52. The van der Waals surface area contributed by atoms with E-state index in [1.807, 2.05) is 0 Å². The molecule has 0 fully saturated rings. The molecular formula is C18H41N3O12.